The van der Waals surface area contributed by atoms with Crippen LogP contribution in [0.1, 0.15) is 18.9 Å². The van der Waals surface area contributed by atoms with Crippen molar-refractivity contribution >= 4 is 11.7 Å². The second-order valence-corrected chi connectivity index (χ2v) is 3.85. The van der Waals surface area contributed by atoms with Crippen molar-refractivity contribution in [2.24, 2.45) is 0 Å². The highest BCUT2D eigenvalue weighted by molar-refractivity contribution is 5.67. The van der Waals surface area contributed by atoms with Crippen molar-refractivity contribution in [2.45, 2.75) is 26.4 Å². The van der Waals surface area contributed by atoms with Gasteiger partial charge in [-0.15, -0.1) is 0 Å². The van der Waals surface area contributed by atoms with E-state index in [0.717, 1.165) is 6.07 Å². The number of carboxylic acids is 1. The van der Waals surface area contributed by atoms with E-state index in [-0.39, 0.29) is 23.4 Å². The highest BCUT2D eigenvalue weighted by atomic mass is 19.1. The van der Waals surface area contributed by atoms with Crippen molar-refractivity contribution in [2.75, 3.05) is 0 Å². The summed E-state index contributed by atoms with van der Waals surface area (Å²) < 4.78 is 18.6. The van der Waals surface area contributed by atoms with Crippen LogP contribution in [-0.4, -0.2) is 22.1 Å². The average molecular weight is 257 g/mol. The van der Waals surface area contributed by atoms with Crippen molar-refractivity contribution in [3.8, 4) is 5.75 Å². The van der Waals surface area contributed by atoms with Crippen LogP contribution < -0.4 is 4.74 Å². The number of hydrogen-bond donors (Lipinski definition) is 1. The molecule has 1 atom stereocenters. The zero-order chi connectivity index (χ0) is 13.9. The van der Waals surface area contributed by atoms with Crippen LogP contribution >= 0.6 is 0 Å². The van der Waals surface area contributed by atoms with Crippen LogP contribution in [0.4, 0.5) is 10.1 Å². The number of rotatable bonds is 5. The summed E-state index contributed by atoms with van der Waals surface area (Å²) in [5.41, 5.74) is -0.0929. The van der Waals surface area contributed by atoms with E-state index in [1.165, 1.54) is 19.9 Å². The SMILES string of the molecule is Cc1cc(O[C@@H](C)CC(=O)O)c(F)cc1[N+](=O)[O-]. The number of nitro benzene ring substituents is 1. The Balaban J connectivity index is 2.94. The van der Waals surface area contributed by atoms with Gasteiger partial charge < -0.3 is 9.84 Å². The van der Waals surface area contributed by atoms with Gasteiger partial charge in [-0.25, -0.2) is 4.39 Å². The Kier molecular flexibility index (Phi) is 4.19. The van der Waals surface area contributed by atoms with Gasteiger partial charge in [0, 0.05) is 5.56 Å². The second-order valence-electron chi connectivity index (χ2n) is 3.85. The minimum absolute atomic E-state index is 0.188. The molecule has 0 bridgehead atoms. The molecule has 0 aromatic heterocycles. The number of aliphatic carboxylic acids is 1. The lowest BCUT2D eigenvalue weighted by Gasteiger charge is -2.13. The highest BCUT2D eigenvalue weighted by Gasteiger charge is 2.18. The quantitative estimate of drug-likeness (QED) is 0.645. The Hall–Kier alpha value is -2.18. The Morgan fingerprint density at radius 3 is 2.72 bits per heavy atom. The molecule has 0 saturated heterocycles. The Labute approximate surface area is 102 Å². The second kappa shape index (κ2) is 5.44. The fraction of sp³-hybridized carbons (Fsp3) is 0.364. The van der Waals surface area contributed by atoms with Gasteiger partial charge in [0.25, 0.3) is 5.69 Å². The van der Waals surface area contributed by atoms with Crippen LogP contribution in [-0.2, 0) is 4.79 Å². The highest BCUT2D eigenvalue weighted by Crippen LogP contribution is 2.27. The van der Waals surface area contributed by atoms with E-state index in [1.807, 2.05) is 0 Å². The fourth-order valence-electron chi connectivity index (χ4n) is 1.44. The van der Waals surface area contributed by atoms with Crippen LogP contribution in [0.3, 0.4) is 0 Å². The molecule has 0 saturated carbocycles. The minimum Gasteiger partial charge on any atom is -0.487 e. The van der Waals surface area contributed by atoms with Crippen molar-refractivity contribution in [1.29, 1.82) is 0 Å². The van der Waals surface area contributed by atoms with Gasteiger partial charge in [-0.2, -0.15) is 0 Å². The standard InChI is InChI=1S/C11H12FNO5/c1-6-3-10(18-7(2)4-11(14)15)8(12)5-9(6)13(16)17/h3,5,7H,4H2,1-2H3,(H,14,15)/t7-/m0/s1. The zero-order valence-corrected chi connectivity index (χ0v) is 9.84. The third kappa shape index (κ3) is 3.41. The summed E-state index contributed by atoms with van der Waals surface area (Å²) in [6.45, 7) is 2.93. The summed E-state index contributed by atoms with van der Waals surface area (Å²) in [7, 11) is 0. The van der Waals surface area contributed by atoms with Gasteiger partial charge in [0.1, 0.15) is 6.10 Å². The molecule has 98 valence electrons. The lowest BCUT2D eigenvalue weighted by molar-refractivity contribution is -0.385. The number of ether oxygens (including phenoxy) is 1. The topological polar surface area (TPSA) is 89.7 Å². The predicted molar refractivity (Wildman–Crippen MR) is 60.1 cm³/mol. The number of nitrogens with zero attached hydrogens (tertiary/aromatic N) is 1. The van der Waals surface area contributed by atoms with E-state index in [2.05, 4.69) is 0 Å². The molecule has 7 heteroatoms. The molecule has 0 fully saturated rings. The Morgan fingerprint density at radius 2 is 2.22 bits per heavy atom. The summed E-state index contributed by atoms with van der Waals surface area (Å²) in [4.78, 5) is 20.3. The van der Waals surface area contributed by atoms with E-state index in [1.54, 1.807) is 0 Å². The van der Waals surface area contributed by atoms with Gasteiger partial charge in [-0.1, -0.05) is 0 Å². The summed E-state index contributed by atoms with van der Waals surface area (Å²) >= 11 is 0. The molecule has 0 unspecified atom stereocenters. The van der Waals surface area contributed by atoms with Gasteiger partial charge in [0.05, 0.1) is 17.4 Å². The molecule has 1 aromatic carbocycles. The lowest BCUT2D eigenvalue weighted by atomic mass is 10.2. The van der Waals surface area contributed by atoms with E-state index in [4.69, 9.17) is 9.84 Å². The van der Waals surface area contributed by atoms with Crippen molar-refractivity contribution in [3.63, 3.8) is 0 Å². The molecule has 1 N–H and O–H groups in total. The molecule has 6 nitrogen and oxygen atoms in total. The third-order valence-corrected chi connectivity index (χ3v) is 2.24. The van der Waals surface area contributed by atoms with E-state index in [9.17, 15) is 19.3 Å². The van der Waals surface area contributed by atoms with Gasteiger partial charge in [0.2, 0.25) is 0 Å². The summed E-state index contributed by atoms with van der Waals surface area (Å²) in [5, 5.41) is 19.1. The lowest BCUT2D eigenvalue weighted by Crippen LogP contribution is -2.17. The van der Waals surface area contributed by atoms with Gasteiger partial charge >= 0.3 is 5.97 Å². The maximum Gasteiger partial charge on any atom is 0.307 e. The normalized spacial score (nSPS) is 11.9. The molecule has 0 aliphatic rings. The first-order valence-corrected chi connectivity index (χ1v) is 5.14. The first-order chi connectivity index (χ1) is 8.31. The number of benzene rings is 1. The molecule has 0 aliphatic carbocycles. The summed E-state index contributed by atoms with van der Waals surface area (Å²) in [5.74, 6) is -2.14. The molecule has 0 radical (unpaired) electrons. The summed E-state index contributed by atoms with van der Waals surface area (Å²) in [6, 6.07) is 1.95. The minimum atomic E-state index is -1.07. The third-order valence-electron chi connectivity index (χ3n) is 2.24. The molecular weight excluding hydrogens is 245 g/mol. The number of carboxylic acid groups (broad SMARTS) is 1. The van der Waals surface area contributed by atoms with Crippen molar-refractivity contribution < 1.29 is 24.0 Å². The van der Waals surface area contributed by atoms with Gasteiger partial charge in [0.15, 0.2) is 11.6 Å². The Morgan fingerprint density at radius 1 is 1.61 bits per heavy atom. The zero-order valence-electron chi connectivity index (χ0n) is 9.84. The molecule has 1 aromatic rings. The maximum atomic E-state index is 13.5. The van der Waals surface area contributed by atoms with E-state index in [0.29, 0.717) is 0 Å². The smallest absolute Gasteiger partial charge is 0.307 e. The molecule has 0 aliphatic heterocycles. The maximum absolute atomic E-state index is 13.5. The van der Waals surface area contributed by atoms with Crippen molar-refractivity contribution in [3.05, 3.63) is 33.6 Å². The van der Waals surface area contributed by atoms with Crippen molar-refractivity contribution in [1.82, 2.24) is 0 Å². The van der Waals surface area contributed by atoms with Crippen LogP contribution in [0.25, 0.3) is 0 Å². The largest absolute Gasteiger partial charge is 0.487 e. The fourth-order valence-corrected chi connectivity index (χ4v) is 1.44. The predicted octanol–water partition coefficient (Wildman–Crippen LogP) is 2.28. The summed E-state index contributed by atoms with van der Waals surface area (Å²) in [6.07, 6.45) is -1.01. The first kappa shape index (κ1) is 13.9. The van der Waals surface area contributed by atoms with Crippen LogP contribution in [0.2, 0.25) is 0 Å². The molecule has 0 heterocycles. The molecular formula is C11H12FNO5. The number of halogens is 1. The van der Waals surface area contributed by atoms with Crippen LogP contribution in [0, 0.1) is 22.9 Å². The molecule has 18 heavy (non-hydrogen) atoms. The number of nitro groups is 1. The first-order valence-electron chi connectivity index (χ1n) is 5.14. The molecule has 0 amide bonds. The van der Waals surface area contributed by atoms with Crippen LogP contribution in [0.15, 0.2) is 12.1 Å². The van der Waals surface area contributed by atoms with Gasteiger partial charge in [-0.05, 0) is 19.9 Å². The molecule has 0 spiro atoms. The number of hydrogen-bond acceptors (Lipinski definition) is 4. The average Bonchev–Trinajstić information content (AvgIpc) is 2.21. The van der Waals surface area contributed by atoms with Crippen LogP contribution in [0.5, 0.6) is 5.75 Å². The number of carbonyl (C=O) groups is 1. The monoisotopic (exact) mass is 257 g/mol. The molecule has 1 rings (SSSR count). The van der Waals surface area contributed by atoms with E-state index < -0.39 is 22.8 Å². The van der Waals surface area contributed by atoms with E-state index >= 15 is 0 Å². The Bertz CT molecular complexity index is 489. The number of aryl methyl sites for hydroxylation is 1. The van der Waals surface area contributed by atoms with Gasteiger partial charge in [-0.3, -0.25) is 14.9 Å².